The Balaban J connectivity index is 1.88. The van der Waals surface area contributed by atoms with Crippen molar-refractivity contribution in [2.24, 2.45) is 0 Å². The molecule has 1 aromatic carbocycles. The first-order chi connectivity index (χ1) is 11.7. The summed E-state index contributed by atoms with van der Waals surface area (Å²) in [5.74, 6) is 0.936. The number of carbonyl (C=O) groups is 1. The van der Waals surface area contributed by atoms with Gasteiger partial charge in [-0.2, -0.15) is 0 Å². The fraction of sp³-hybridized carbons (Fsp3) is 0.222. The van der Waals surface area contributed by atoms with Crippen LogP contribution in [0.2, 0.25) is 4.34 Å². The molecular formula is C18H15ClN2O2S. The number of pyridine rings is 1. The van der Waals surface area contributed by atoms with Crippen LogP contribution in [-0.2, 0) is 4.74 Å². The maximum absolute atomic E-state index is 11.1. The molecule has 0 spiro atoms. The number of halogens is 1. The molecule has 6 heteroatoms. The van der Waals surface area contributed by atoms with Crippen LogP contribution in [0.1, 0.15) is 10.4 Å². The number of morpholine rings is 1. The number of nitrogens with zero attached hydrogens (tertiary/aromatic N) is 2. The molecule has 0 unspecified atom stereocenters. The third-order valence-electron chi connectivity index (χ3n) is 4.09. The molecule has 0 N–H and O–H groups in total. The van der Waals surface area contributed by atoms with Crippen molar-refractivity contribution in [3.05, 3.63) is 46.3 Å². The maximum atomic E-state index is 11.1. The van der Waals surface area contributed by atoms with Crippen molar-refractivity contribution in [1.29, 1.82) is 0 Å². The standard InChI is InChI=1S/C18H15ClN2O2S/c19-17-9-14-16(24-17)10-15(13-3-1-2-12(8-13)11-22)20-18(14)21-4-6-23-7-5-21/h1-3,8-11H,4-7H2. The minimum absolute atomic E-state index is 0.645. The number of hydrogen-bond donors (Lipinski definition) is 0. The fourth-order valence-corrected chi connectivity index (χ4v) is 4.10. The van der Waals surface area contributed by atoms with Crippen LogP contribution in [0.5, 0.6) is 0 Å². The second-order valence-electron chi connectivity index (χ2n) is 5.64. The first-order valence-corrected chi connectivity index (χ1v) is 8.92. The van der Waals surface area contributed by atoms with Gasteiger partial charge in [-0.05, 0) is 18.2 Å². The van der Waals surface area contributed by atoms with Crippen molar-refractivity contribution >= 4 is 45.1 Å². The van der Waals surface area contributed by atoms with Gasteiger partial charge in [0.15, 0.2) is 0 Å². The van der Waals surface area contributed by atoms with Crippen molar-refractivity contribution in [2.75, 3.05) is 31.2 Å². The lowest BCUT2D eigenvalue weighted by molar-refractivity contribution is 0.112. The predicted molar refractivity (Wildman–Crippen MR) is 98.5 cm³/mol. The number of aromatic nitrogens is 1. The van der Waals surface area contributed by atoms with Crippen molar-refractivity contribution < 1.29 is 9.53 Å². The number of fused-ring (bicyclic) bond motifs is 1. The molecule has 122 valence electrons. The number of rotatable bonds is 3. The molecule has 0 bridgehead atoms. The van der Waals surface area contributed by atoms with E-state index in [0.717, 1.165) is 50.9 Å². The molecule has 1 aliphatic heterocycles. The number of benzene rings is 1. The van der Waals surface area contributed by atoms with E-state index in [1.807, 2.05) is 30.3 Å². The normalized spacial score (nSPS) is 15.0. The van der Waals surface area contributed by atoms with Gasteiger partial charge in [0.25, 0.3) is 0 Å². The van der Waals surface area contributed by atoms with Crippen LogP contribution in [-0.4, -0.2) is 37.6 Å². The van der Waals surface area contributed by atoms with E-state index in [1.54, 1.807) is 17.4 Å². The molecule has 1 saturated heterocycles. The highest BCUT2D eigenvalue weighted by molar-refractivity contribution is 7.22. The Morgan fingerprint density at radius 1 is 1.21 bits per heavy atom. The molecule has 3 heterocycles. The summed E-state index contributed by atoms with van der Waals surface area (Å²) >= 11 is 7.79. The molecule has 0 radical (unpaired) electrons. The van der Waals surface area contributed by atoms with Gasteiger partial charge >= 0.3 is 0 Å². The second kappa shape index (κ2) is 6.51. The average molecular weight is 359 g/mol. The molecule has 3 aromatic rings. The van der Waals surface area contributed by atoms with Crippen LogP contribution in [0, 0.1) is 0 Å². The van der Waals surface area contributed by atoms with Gasteiger partial charge in [-0.1, -0.05) is 29.8 Å². The van der Waals surface area contributed by atoms with E-state index in [1.165, 1.54) is 0 Å². The number of carbonyl (C=O) groups excluding carboxylic acids is 1. The summed E-state index contributed by atoms with van der Waals surface area (Å²) in [6.45, 7) is 3.03. The minimum Gasteiger partial charge on any atom is -0.378 e. The largest absolute Gasteiger partial charge is 0.378 e. The molecule has 0 aliphatic carbocycles. The Bertz CT molecular complexity index is 903. The van der Waals surface area contributed by atoms with Gasteiger partial charge < -0.3 is 9.64 Å². The predicted octanol–water partition coefficient (Wildman–Crippen LogP) is 4.27. The highest BCUT2D eigenvalue weighted by Crippen LogP contribution is 2.37. The summed E-state index contributed by atoms with van der Waals surface area (Å²) in [5, 5.41) is 1.07. The third-order valence-corrected chi connectivity index (χ3v) is 5.31. The molecule has 0 atom stereocenters. The van der Waals surface area contributed by atoms with Gasteiger partial charge in [0, 0.05) is 34.3 Å². The molecule has 1 aliphatic rings. The molecule has 0 saturated carbocycles. The number of ether oxygens (including phenoxy) is 1. The molecule has 4 nitrogen and oxygen atoms in total. The monoisotopic (exact) mass is 358 g/mol. The SMILES string of the molecule is O=Cc1cccc(-c2cc3sc(Cl)cc3c(N3CCOCC3)n2)c1. The zero-order valence-corrected chi connectivity index (χ0v) is 14.4. The highest BCUT2D eigenvalue weighted by Gasteiger charge is 2.18. The fourth-order valence-electron chi connectivity index (χ4n) is 2.92. The zero-order valence-electron chi connectivity index (χ0n) is 12.9. The molecule has 1 fully saturated rings. The number of anilines is 1. The number of thiophene rings is 1. The quantitative estimate of drug-likeness (QED) is 0.656. The average Bonchev–Trinajstić information content (AvgIpc) is 3.01. The van der Waals surface area contributed by atoms with E-state index < -0.39 is 0 Å². The van der Waals surface area contributed by atoms with Gasteiger partial charge in [0.05, 0.1) is 23.2 Å². The molecular weight excluding hydrogens is 344 g/mol. The Hall–Kier alpha value is -1.95. The minimum atomic E-state index is 0.645. The van der Waals surface area contributed by atoms with Crippen LogP contribution in [0.4, 0.5) is 5.82 Å². The summed E-state index contributed by atoms with van der Waals surface area (Å²) in [4.78, 5) is 18.2. The van der Waals surface area contributed by atoms with Crippen LogP contribution < -0.4 is 4.90 Å². The topological polar surface area (TPSA) is 42.4 Å². The summed E-state index contributed by atoms with van der Waals surface area (Å²) in [6.07, 6.45) is 0.854. The third kappa shape index (κ3) is 2.90. The molecule has 2 aromatic heterocycles. The van der Waals surface area contributed by atoms with E-state index in [2.05, 4.69) is 4.90 Å². The smallest absolute Gasteiger partial charge is 0.150 e. The van der Waals surface area contributed by atoms with Crippen molar-refractivity contribution in [3.63, 3.8) is 0 Å². The lowest BCUT2D eigenvalue weighted by Crippen LogP contribution is -2.36. The van der Waals surface area contributed by atoms with E-state index >= 15 is 0 Å². The van der Waals surface area contributed by atoms with Crippen molar-refractivity contribution in [1.82, 2.24) is 4.98 Å². The summed E-state index contributed by atoms with van der Waals surface area (Å²) < 4.78 is 7.30. The van der Waals surface area contributed by atoms with E-state index in [-0.39, 0.29) is 0 Å². The molecule has 24 heavy (non-hydrogen) atoms. The lowest BCUT2D eigenvalue weighted by Gasteiger charge is -2.28. The Labute approximate surface area is 148 Å². The summed E-state index contributed by atoms with van der Waals surface area (Å²) in [5.41, 5.74) is 2.43. The number of aldehydes is 1. The summed E-state index contributed by atoms with van der Waals surface area (Å²) in [7, 11) is 0. The van der Waals surface area contributed by atoms with E-state index in [4.69, 9.17) is 21.3 Å². The van der Waals surface area contributed by atoms with Gasteiger partial charge in [-0.25, -0.2) is 4.98 Å². The lowest BCUT2D eigenvalue weighted by atomic mass is 10.1. The van der Waals surface area contributed by atoms with Crippen LogP contribution in [0.25, 0.3) is 21.3 Å². The van der Waals surface area contributed by atoms with Gasteiger partial charge in [0.1, 0.15) is 12.1 Å². The van der Waals surface area contributed by atoms with Crippen molar-refractivity contribution in [3.8, 4) is 11.3 Å². The Morgan fingerprint density at radius 2 is 2.04 bits per heavy atom. The van der Waals surface area contributed by atoms with Crippen LogP contribution in [0.15, 0.2) is 36.4 Å². The van der Waals surface area contributed by atoms with E-state index in [0.29, 0.717) is 18.8 Å². The first-order valence-electron chi connectivity index (χ1n) is 7.73. The van der Waals surface area contributed by atoms with Gasteiger partial charge in [-0.3, -0.25) is 4.79 Å². The Morgan fingerprint density at radius 3 is 2.83 bits per heavy atom. The zero-order chi connectivity index (χ0) is 16.5. The molecule has 4 rings (SSSR count). The number of hydrogen-bond acceptors (Lipinski definition) is 5. The van der Waals surface area contributed by atoms with Gasteiger partial charge in [-0.15, -0.1) is 11.3 Å². The maximum Gasteiger partial charge on any atom is 0.150 e. The summed E-state index contributed by atoms with van der Waals surface area (Å²) in [6, 6.07) is 11.5. The highest BCUT2D eigenvalue weighted by atomic mass is 35.5. The Kier molecular flexibility index (Phi) is 4.22. The first kappa shape index (κ1) is 15.6. The van der Waals surface area contributed by atoms with Crippen LogP contribution in [0.3, 0.4) is 0 Å². The molecule has 0 amide bonds. The van der Waals surface area contributed by atoms with Crippen LogP contribution >= 0.6 is 22.9 Å². The van der Waals surface area contributed by atoms with Gasteiger partial charge in [0.2, 0.25) is 0 Å². The van der Waals surface area contributed by atoms with E-state index in [9.17, 15) is 4.79 Å². The van der Waals surface area contributed by atoms with Crippen molar-refractivity contribution in [2.45, 2.75) is 0 Å². The second-order valence-corrected chi connectivity index (χ2v) is 7.35.